The zero-order valence-corrected chi connectivity index (χ0v) is 14.1. The van der Waals surface area contributed by atoms with Gasteiger partial charge in [-0.1, -0.05) is 24.3 Å². The van der Waals surface area contributed by atoms with Crippen LogP contribution in [0.2, 0.25) is 0 Å². The molecule has 4 rings (SSSR count). The average Bonchev–Trinajstić information content (AvgIpc) is 2.68. The molecule has 0 aromatic heterocycles. The molecule has 6 nitrogen and oxygen atoms in total. The quantitative estimate of drug-likeness (QED) is 0.836. The van der Waals surface area contributed by atoms with E-state index >= 15 is 0 Å². The van der Waals surface area contributed by atoms with Crippen LogP contribution in [-0.2, 0) is 22.6 Å². The predicted molar refractivity (Wildman–Crippen MR) is 94.2 cm³/mol. The van der Waals surface area contributed by atoms with Crippen LogP contribution in [0.1, 0.15) is 44.7 Å². The number of nitrogens with two attached hydrogens (primary N) is 1. The third kappa shape index (κ3) is 3.85. The number of carbonyl (C=O) groups excluding carboxylic acids is 4. The van der Waals surface area contributed by atoms with Crippen LogP contribution in [0.4, 0.5) is 0 Å². The van der Waals surface area contributed by atoms with Gasteiger partial charge < -0.3 is 5.73 Å². The van der Waals surface area contributed by atoms with Gasteiger partial charge in [-0.25, -0.2) is 0 Å². The zero-order chi connectivity index (χ0) is 18.7. The van der Waals surface area contributed by atoms with Crippen molar-refractivity contribution in [2.75, 3.05) is 0 Å². The fourth-order valence-corrected chi connectivity index (χ4v) is 2.85. The van der Waals surface area contributed by atoms with Crippen molar-refractivity contribution in [3.05, 3.63) is 70.8 Å². The smallest absolute Gasteiger partial charge is 0.260 e. The van der Waals surface area contributed by atoms with Gasteiger partial charge in [0.2, 0.25) is 11.8 Å². The Balaban J connectivity index is 1.90. The number of rotatable bonds is 2. The zero-order valence-electron chi connectivity index (χ0n) is 14.1. The van der Waals surface area contributed by atoms with Crippen LogP contribution in [0.3, 0.4) is 0 Å². The lowest BCUT2D eigenvalue weighted by atomic mass is 10.0. The highest BCUT2D eigenvalue weighted by molar-refractivity contribution is 6.05. The Labute approximate surface area is 150 Å². The molecule has 2 aromatic rings. The van der Waals surface area contributed by atoms with E-state index in [0.717, 1.165) is 16.0 Å². The van der Waals surface area contributed by atoms with Crippen molar-refractivity contribution in [1.29, 1.82) is 0 Å². The molecule has 0 unspecified atom stereocenters. The third-order valence-corrected chi connectivity index (χ3v) is 4.35. The van der Waals surface area contributed by atoms with Crippen molar-refractivity contribution >= 4 is 23.5 Å². The summed E-state index contributed by atoms with van der Waals surface area (Å²) in [6, 6.07) is 13.1. The lowest BCUT2D eigenvalue weighted by Gasteiger charge is -2.21. The van der Waals surface area contributed by atoms with Gasteiger partial charge in [-0.3, -0.25) is 24.1 Å². The first-order valence-electron chi connectivity index (χ1n) is 8.28. The highest BCUT2D eigenvalue weighted by Crippen LogP contribution is 2.16. The molecule has 26 heavy (non-hydrogen) atoms. The summed E-state index contributed by atoms with van der Waals surface area (Å²) in [5, 5.41) is 0. The van der Waals surface area contributed by atoms with E-state index in [1.165, 1.54) is 24.3 Å². The first-order chi connectivity index (χ1) is 12.4. The summed E-state index contributed by atoms with van der Waals surface area (Å²) < 4.78 is 0. The minimum atomic E-state index is -0.589. The number of imide groups is 1. The Bertz CT molecular complexity index is 870. The fourth-order valence-electron chi connectivity index (χ4n) is 2.85. The van der Waals surface area contributed by atoms with Crippen LogP contribution >= 0.6 is 0 Å². The van der Waals surface area contributed by atoms with Crippen LogP contribution in [0, 0.1) is 0 Å². The largest absolute Gasteiger partial charge is 0.366 e. The monoisotopic (exact) mass is 350 g/mol. The number of primary amides is 1. The highest BCUT2D eigenvalue weighted by Gasteiger charge is 2.24. The normalized spacial score (nSPS) is 14.8. The molecular weight excluding hydrogens is 332 g/mol. The van der Waals surface area contributed by atoms with Gasteiger partial charge in [0.05, 0.1) is 6.54 Å². The highest BCUT2D eigenvalue weighted by atomic mass is 16.2. The number of carbonyl (C=O) groups is 4. The molecule has 132 valence electrons. The molecule has 2 aliphatic heterocycles. The molecule has 0 radical (unpaired) electrons. The van der Waals surface area contributed by atoms with Crippen LogP contribution in [0.5, 0.6) is 0 Å². The first-order valence-corrected chi connectivity index (χ1v) is 8.28. The maximum atomic E-state index is 12.8. The van der Waals surface area contributed by atoms with Crippen molar-refractivity contribution in [3.8, 4) is 0 Å². The van der Waals surface area contributed by atoms with E-state index < -0.39 is 17.7 Å². The van der Waals surface area contributed by atoms with Gasteiger partial charge in [0.15, 0.2) is 0 Å². The van der Waals surface area contributed by atoms with E-state index in [0.29, 0.717) is 0 Å². The molecule has 2 aromatic carbocycles. The van der Waals surface area contributed by atoms with E-state index in [2.05, 4.69) is 0 Å². The molecule has 0 atom stereocenters. The Hall–Kier alpha value is -3.28. The van der Waals surface area contributed by atoms with Crippen molar-refractivity contribution in [2.45, 2.75) is 25.8 Å². The molecule has 0 aliphatic carbocycles. The predicted octanol–water partition coefficient (Wildman–Crippen LogP) is 1.86. The molecule has 2 heterocycles. The summed E-state index contributed by atoms with van der Waals surface area (Å²) >= 11 is 0. The standard InChI is InChI=1S/C20H18N2O4/c21-19(25)15-5-7-16(8-6-15)20(26)22-12-14-3-1-13(2-4-14)11-17(23)9-10-18(22)24/h1-8H,9-12H2,(H2,21,25). The summed E-state index contributed by atoms with van der Waals surface area (Å²) in [5.74, 6) is -1.49. The molecule has 2 aliphatic rings. The number of fused-ring (bicyclic) bond motifs is 8. The second-order valence-corrected chi connectivity index (χ2v) is 6.26. The molecule has 0 saturated carbocycles. The molecule has 2 N–H and O–H groups in total. The molecule has 0 fully saturated rings. The lowest BCUT2D eigenvalue weighted by Crippen LogP contribution is -2.36. The number of benzene rings is 2. The second kappa shape index (κ2) is 7.31. The molecule has 0 spiro atoms. The van der Waals surface area contributed by atoms with Crippen molar-refractivity contribution in [3.63, 3.8) is 0 Å². The summed E-state index contributed by atoms with van der Waals surface area (Å²) in [5.41, 5.74) is 7.47. The van der Waals surface area contributed by atoms with Gasteiger partial charge in [-0.15, -0.1) is 0 Å². The van der Waals surface area contributed by atoms with Gasteiger partial charge >= 0.3 is 0 Å². The summed E-state index contributed by atoms with van der Waals surface area (Å²) in [4.78, 5) is 49.7. The van der Waals surface area contributed by atoms with E-state index in [9.17, 15) is 19.2 Å². The third-order valence-electron chi connectivity index (χ3n) is 4.35. The van der Waals surface area contributed by atoms with Gasteiger partial charge in [-0.2, -0.15) is 0 Å². The summed E-state index contributed by atoms with van der Waals surface area (Å²) in [6.45, 7) is 0.129. The molecule has 3 amide bonds. The molecular formula is C20H18N2O4. The Morgan fingerprint density at radius 1 is 0.808 bits per heavy atom. The first kappa shape index (κ1) is 17.5. The van der Waals surface area contributed by atoms with E-state index in [1.54, 1.807) is 0 Å². The molecule has 0 saturated heterocycles. The second-order valence-electron chi connectivity index (χ2n) is 6.26. The maximum absolute atomic E-state index is 12.8. The van der Waals surface area contributed by atoms with Crippen LogP contribution in [0.25, 0.3) is 0 Å². The number of nitrogens with zero attached hydrogens (tertiary/aromatic N) is 1. The number of ketones is 1. The van der Waals surface area contributed by atoms with Gasteiger partial charge in [-0.05, 0) is 35.4 Å². The Kier molecular flexibility index (Phi) is 4.93. The lowest BCUT2D eigenvalue weighted by molar-refractivity contribution is -0.131. The maximum Gasteiger partial charge on any atom is 0.260 e. The summed E-state index contributed by atoms with van der Waals surface area (Å²) in [6.07, 6.45) is 0.379. The molecule has 2 bridgehead atoms. The van der Waals surface area contributed by atoms with Gasteiger partial charge in [0.1, 0.15) is 5.78 Å². The summed E-state index contributed by atoms with van der Waals surface area (Å²) in [7, 11) is 0. The number of amides is 3. The van der Waals surface area contributed by atoms with Crippen LogP contribution in [-0.4, -0.2) is 28.4 Å². The van der Waals surface area contributed by atoms with Crippen molar-refractivity contribution < 1.29 is 19.2 Å². The van der Waals surface area contributed by atoms with Gasteiger partial charge in [0.25, 0.3) is 5.91 Å². The van der Waals surface area contributed by atoms with Crippen molar-refractivity contribution in [1.82, 2.24) is 4.90 Å². The van der Waals surface area contributed by atoms with E-state index in [-0.39, 0.29) is 42.7 Å². The average molecular weight is 350 g/mol. The topological polar surface area (TPSA) is 97.5 Å². The minimum Gasteiger partial charge on any atom is -0.366 e. The molecule has 6 heteroatoms. The number of Topliss-reactive ketones (excluding diaryl/α,β-unsaturated/α-hetero) is 1. The minimum absolute atomic E-state index is 0.00942. The van der Waals surface area contributed by atoms with Crippen molar-refractivity contribution in [2.24, 2.45) is 5.73 Å². The van der Waals surface area contributed by atoms with Crippen LogP contribution < -0.4 is 5.73 Å². The van der Waals surface area contributed by atoms with E-state index in [1.807, 2.05) is 24.3 Å². The fraction of sp³-hybridized carbons (Fsp3) is 0.200. The number of hydrogen-bond acceptors (Lipinski definition) is 4. The Morgan fingerprint density at radius 2 is 1.38 bits per heavy atom. The van der Waals surface area contributed by atoms with Gasteiger partial charge in [0, 0.05) is 30.4 Å². The van der Waals surface area contributed by atoms with Crippen LogP contribution in [0.15, 0.2) is 48.5 Å². The number of hydrogen-bond donors (Lipinski definition) is 1. The SMILES string of the molecule is NC(=O)c1ccc(C(=O)N2Cc3ccc(cc3)CC(=O)CCC2=O)cc1. The Morgan fingerprint density at radius 3 is 2.00 bits per heavy atom. The van der Waals surface area contributed by atoms with E-state index in [4.69, 9.17) is 5.73 Å².